The lowest BCUT2D eigenvalue weighted by Crippen LogP contribution is -1.97. The van der Waals surface area contributed by atoms with Gasteiger partial charge in [0.2, 0.25) is 0 Å². The van der Waals surface area contributed by atoms with Gasteiger partial charge in [-0.25, -0.2) is 4.98 Å². The van der Waals surface area contributed by atoms with Crippen LogP contribution in [0.2, 0.25) is 0 Å². The van der Waals surface area contributed by atoms with Crippen molar-refractivity contribution < 1.29 is 9.47 Å². The minimum absolute atomic E-state index is 0.704. The summed E-state index contributed by atoms with van der Waals surface area (Å²) in [5.74, 6) is 1.42. The average molecular weight is 355 g/mol. The van der Waals surface area contributed by atoms with Crippen LogP contribution < -0.4 is 9.47 Å². The molecule has 0 atom stereocenters. The summed E-state index contributed by atoms with van der Waals surface area (Å²) in [6.45, 7) is 2.11. The summed E-state index contributed by atoms with van der Waals surface area (Å²) < 4.78 is 11.1. The van der Waals surface area contributed by atoms with E-state index >= 15 is 0 Å². The van der Waals surface area contributed by atoms with Crippen molar-refractivity contribution in [3.8, 4) is 34.0 Å². The molecule has 134 valence electrons. The number of methoxy groups -OCH3 is 2. The molecule has 1 heterocycles. The number of fused-ring (bicyclic) bond motifs is 1. The summed E-state index contributed by atoms with van der Waals surface area (Å²) in [5.41, 5.74) is 5.22. The van der Waals surface area contributed by atoms with Crippen molar-refractivity contribution in [2.24, 2.45) is 0 Å². The minimum Gasteiger partial charge on any atom is -0.493 e. The van der Waals surface area contributed by atoms with E-state index < -0.39 is 0 Å². The highest BCUT2D eigenvalue weighted by molar-refractivity contribution is 6.01. The summed E-state index contributed by atoms with van der Waals surface area (Å²) in [4.78, 5) is 5.08. The Morgan fingerprint density at radius 3 is 1.63 bits per heavy atom. The second kappa shape index (κ2) is 7.12. The topological polar surface area (TPSA) is 31.4 Å². The van der Waals surface area contributed by atoms with Crippen LogP contribution in [-0.4, -0.2) is 19.2 Å². The predicted molar refractivity (Wildman–Crippen MR) is 110 cm³/mol. The fourth-order valence-corrected chi connectivity index (χ4v) is 3.46. The van der Waals surface area contributed by atoms with Crippen LogP contribution in [-0.2, 0) is 0 Å². The molecule has 0 aliphatic rings. The van der Waals surface area contributed by atoms with E-state index in [0.717, 1.165) is 44.6 Å². The lowest BCUT2D eigenvalue weighted by Gasteiger charge is -2.16. The number of aromatic nitrogens is 1. The van der Waals surface area contributed by atoms with E-state index in [1.165, 1.54) is 0 Å². The van der Waals surface area contributed by atoms with E-state index in [-0.39, 0.29) is 0 Å². The van der Waals surface area contributed by atoms with Gasteiger partial charge in [-0.3, -0.25) is 0 Å². The summed E-state index contributed by atoms with van der Waals surface area (Å²) in [6.07, 6.45) is 0. The Bertz CT molecular complexity index is 1090. The summed E-state index contributed by atoms with van der Waals surface area (Å²) in [7, 11) is 3.32. The summed E-state index contributed by atoms with van der Waals surface area (Å²) >= 11 is 0. The average Bonchev–Trinajstić information content (AvgIpc) is 2.74. The summed E-state index contributed by atoms with van der Waals surface area (Å²) in [5, 5.41) is 2.16. The number of hydrogen-bond acceptors (Lipinski definition) is 3. The largest absolute Gasteiger partial charge is 0.493 e. The number of ether oxygens (including phenoxy) is 2. The third-order valence-corrected chi connectivity index (χ3v) is 4.86. The normalized spacial score (nSPS) is 10.8. The molecule has 3 heteroatoms. The first-order chi connectivity index (χ1) is 13.2. The lowest BCUT2D eigenvalue weighted by atomic mass is 9.96. The molecule has 0 aliphatic carbocycles. The smallest absolute Gasteiger partial charge is 0.161 e. The second-order valence-electron chi connectivity index (χ2n) is 6.42. The molecule has 3 aromatic carbocycles. The number of pyridine rings is 1. The Balaban J connectivity index is 2.11. The van der Waals surface area contributed by atoms with Crippen LogP contribution in [0.3, 0.4) is 0 Å². The lowest BCUT2D eigenvalue weighted by molar-refractivity contribution is 0.356. The number of rotatable bonds is 4. The van der Waals surface area contributed by atoms with Crippen molar-refractivity contribution in [2.45, 2.75) is 6.92 Å². The molecule has 0 aliphatic heterocycles. The predicted octanol–water partition coefficient (Wildman–Crippen LogP) is 5.89. The second-order valence-corrected chi connectivity index (χ2v) is 6.42. The van der Waals surface area contributed by atoms with E-state index in [4.69, 9.17) is 14.5 Å². The Morgan fingerprint density at radius 1 is 0.630 bits per heavy atom. The highest BCUT2D eigenvalue weighted by Crippen LogP contribution is 2.40. The van der Waals surface area contributed by atoms with E-state index in [9.17, 15) is 0 Å². The van der Waals surface area contributed by atoms with Crippen molar-refractivity contribution in [1.29, 1.82) is 0 Å². The first-order valence-electron chi connectivity index (χ1n) is 8.90. The van der Waals surface area contributed by atoms with Gasteiger partial charge in [0, 0.05) is 16.5 Å². The van der Waals surface area contributed by atoms with Crippen molar-refractivity contribution in [3.05, 3.63) is 78.4 Å². The molecular weight excluding hydrogens is 334 g/mol. The van der Waals surface area contributed by atoms with Gasteiger partial charge in [0.15, 0.2) is 11.5 Å². The molecule has 0 amide bonds. The monoisotopic (exact) mass is 355 g/mol. The first kappa shape index (κ1) is 17.1. The van der Waals surface area contributed by atoms with Gasteiger partial charge in [0.25, 0.3) is 0 Å². The molecule has 0 spiro atoms. The molecule has 0 fully saturated rings. The standard InChI is InChI=1S/C24H21NO2/c1-16-19-14-21(26-2)22(27-3)15-20(19)24(18-12-8-5-9-13-18)25-23(16)17-10-6-4-7-11-17/h4-15H,1-3H3. The molecule has 0 saturated carbocycles. The third kappa shape index (κ3) is 3.02. The van der Waals surface area contributed by atoms with Gasteiger partial charge < -0.3 is 9.47 Å². The number of nitrogens with zero attached hydrogens (tertiary/aromatic N) is 1. The fourth-order valence-electron chi connectivity index (χ4n) is 3.46. The molecule has 4 rings (SSSR count). The molecule has 0 bridgehead atoms. The van der Waals surface area contributed by atoms with Crippen molar-refractivity contribution in [3.63, 3.8) is 0 Å². The number of aryl methyl sites for hydroxylation is 1. The van der Waals surface area contributed by atoms with Crippen LogP contribution in [0.1, 0.15) is 5.56 Å². The number of benzene rings is 3. The number of hydrogen-bond donors (Lipinski definition) is 0. The fraction of sp³-hybridized carbons (Fsp3) is 0.125. The molecule has 4 aromatic rings. The highest BCUT2D eigenvalue weighted by atomic mass is 16.5. The Kier molecular flexibility index (Phi) is 4.51. The zero-order valence-corrected chi connectivity index (χ0v) is 15.7. The molecule has 0 unspecified atom stereocenters. The van der Waals surface area contributed by atoms with Crippen LogP contribution in [0.5, 0.6) is 11.5 Å². The molecular formula is C24H21NO2. The maximum Gasteiger partial charge on any atom is 0.161 e. The van der Waals surface area contributed by atoms with Crippen LogP contribution in [0, 0.1) is 6.92 Å². The Morgan fingerprint density at radius 2 is 1.11 bits per heavy atom. The quantitative estimate of drug-likeness (QED) is 0.457. The van der Waals surface area contributed by atoms with E-state index in [2.05, 4.69) is 31.2 Å². The van der Waals surface area contributed by atoms with Crippen LogP contribution in [0.25, 0.3) is 33.3 Å². The van der Waals surface area contributed by atoms with E-state index in [0.29, 0.717) is 5.75 Å². The maximum atomic E-state index is 5.55. The molecule has 1 aromatic heterocycles. The van der Waals surface area contributed by atoms with Gasteiger partial charge in [0.1, 0.15) is 0 Å². The van der Waals surface area contributed by atoms with Crippen LogP contribution >= 0.6 is 0 Å². The maximum absolute atomic E-state index is 5.55. The van der Waals surface area contributed by atoms with Gasteiger partial charge in [-0.2, -0.15) is 0 Å². The first-order valence-corrected chi connectivity index (χ1v) is 8.90. The van der Waals surface area contributed by atoms with Gasteiger partial charge in [0.05, 0.1) is 25.6 Å². The molecule has 0 radical (unpaired) electrons. The molecule has 0 N–H and O–H groups in total. The minimum atomic E-state index is 0.704. The zero-order valence-electron chi connectivity index (χ0n) is 15.7. The van der Waals surface area contributed by atoms with Crippen molar-refractivity contribution >= 4 is 10.8 Å². The molecule has 0 saturated heterocycles. The Labute approximate surface area is 159 Å². The Hall–Kier alpha value is -3.33. The van der Waals surface area contributed by atoms with Crippen molar-refractivity contribution in [2.75, 3.05) is 14.2 Å². The summed E-state index contributed by atoms with van der Waals surface area (Å²) in [6, 6.07) is 24.6. The van der Waals surface area contributed by atoms with Gasteiger partial charge in [-0.15, -0.1) is 0 Å². The van der Waals surface area contributed by atoms with E-state index in [1.807, 2.05) is 48.5 Å². The molecule has 3 nitrogen and oxygen atoms in total. The van der Waals surface area contributed by atoms with Gasteiger partial charge >= 0.3 is 0 Å². The van der Waals surface area contributed by atoms with Crippen LogP contribution in [0.15, 0.2) is 72.8 Å². The van der Waals surface area contributed by atoms with E-state index in [1.54, 1.807) is 14.2 Å². The van der Waals surface area contributed by atoms with Gasteiger partial charge in [-0.05, 0) is 30.0 Å². The zero-order chi connectivity index (χ0) is 18.8. The van der Waals surface area contributed by atoms with Gasteiger partial charge in [-0.1, -0.05) is 60.7 Å². The highest BCUT2D eigenvalue weighted by Gasteiger charge is 2.17. The molecule has 27 heavy (non-hydrogen) atoms. The SMILES string of the molecule is COc1cc2c(-c3ccccc3)nc(-c3ccccc3)c(C)c2cc1OC. The third-order valence-electron chi connectivity index (χ3n) is 4.86. The van der Waals surface area contributed by atoms with Crippen molar-refractivity contribution in [1.82, 2.24) is 4.98 Å². The van der Waals surface area contributed by atoms with Crippen LogP contribution in [0.4, 0.5) is 0 Å².